The fourth-order valence-corrected chi connectivity index (χ4v) is 3.53. The van der Waals surface area contributed by atoms with Crippen molar-refractivity contribution in [2.45, 2.75) is 33.4 Å². The number of ether oxygens (including phenoxy) is 2. The second-order valence-electron chi connectivity index (χ2n) is 6.43. The first-order valence-corrected chi connectivity index (χ1v) is 10.2. The van der Waals surface area contributed by atoms with Gasteiger partial charge in [0.15, 0.2) is 11.5 Å². The van der Waals surface area contributed by atoms with E-state index in [9.17, 15) is 9.59 Å². The van der Waals surface area contributed by atoms with Gasteiger partial charge in [0.2, 0.25) is 5.91 Å². The average molecular weight is 425 g/mol. The molecule has 0 bridgehead atoms. The Balaban J connectivity index is 2.06. The number of carbonyl (C=O) groups excluding carboxylic acids is 2. The maximum atomic E-state index is 12.7. The topological polar surface area (TPSA) is 76.7 Å². The third kappa shape index (κ3) is 5.62. The Morgan fingerprint density at radius 3 is 2.61 bits per heavy atom. The van der Waals surface area contributed by atoms with Crippen molar-refractivity contribution in [3.8, 4) is 11.5 Å². The first-order chi connectivity index (χ1) is 13.4. The van der Waals surface area contributed by atoms with Gasteiger partial charge in [-0.25, -0.2) is 0 Å². The normalized spacial score (nSPS) is 11.8. The number of halogens is 1. The fourth-order valence-electron chi connectivity index (χ4n) is 2.61. The number of carbonyl (C=O) groups is 2. The van der Waals surface area contributed by atoms with E-state index in [4.69, 9.17) is 21.1 Å². The lowest BCUT2D eigenvalue weighted by molar-refractivity contribution is -0.124. The van der Waals surface area contributed by atoms with Crippen molar-refractivity contribution in [3.05, 3.63) is 45.1 Å². The van der Waals surface area contributed by atoms with Crippen LogP contribution in [0.1, 0.15) is 36.0 Å². The molecule has 1 aromatic heterocycles. The van der Waals surface area contributed by atoms with Gasteiger partial charge in [-0.1, -0.05) is 31.5 Å². The van der Waals surface area contributed by atoms with Gasteiger partial charge in [0, 0.05) is 6.54 Å². The zero-order valence-corrected chi connectivity index (χ0v) is 17.9. The van der Waals surface area contributed by atoms with Gasteiger partial charge < -0.3 is 20.1 Å². The molecule has 1 aromatic carbocycles. The molecule has 1 unspecified atom stereocenters. The number of nitrogens with one attached hydrogen (secondary N) is 2. The SMILES string of the molecule is CCOc1c(Cl)cc(CNC(=O)C(NC(=O)c2cccs2)C(C)C)cc1OC. The molecule has 0 saturated carbocycles. The molecule has 2 amide bonds. The summed E-state index contributed by atoms with van der Waals surface area (Å²) in [4.78, 5) is 25.5. The number of benzene rings is 1. The highest BCUT2D eigenvalue weighted by Crippen LogP contribution is 2.36. The van der Waals surface area contributed by atoms with Crippen LogP contribution in [0.2, 0.25) is 5.02 Å². The molecule has 0 fully saturated rings. The second kappa shape index (κ2) is 10.3. The van der Waals surface area contributed by atoms with Crippen LogP contribution in [0.3, 0.4) is 0 Å². The number of hydrogen-bond acceptors (Lipinski definition) is 5. The largest absolute Gasteiger partial charge is 0.493 e. The van der Waals surface area contributed by atoms with E-state index in [-0.39, 0.29) is 24.3 Å². The number of thiophene rings is 1. The first-order valence-electron chi connectivity index (χ1n) is 8.98. The molecule has 2 rings (SSSR count). The van der Waals surface area contributed by atoms with Crippen molar-refractivity contribution < 1.29 is 19.1 Å². The summed E-state index contributed by atoms with van der Waals surface area (Å²) in [5.41, 5.74) is 0.769. The minimum atomic E-state index is -0.644. The van der Waals surface area contributed by atoms with E-state index >= 15 is 0 Å². The lowest BCUT2D eigenvalue weighted by Gasteiger charge is -2.21. The number of hydrogen-bond donors (Lipinski definition) is 2. The zero-order valence-electron chi connectivity index (χ0n) is 16.4. The Morgan fingerprint density at radius 1 is 1.29 bits per heavy atom. The van der Waals surface area contributed by atoms with Crippen molar-refractivity contribution in [2.75, 3.05) is 13.7 Å². The summed E-state index contributed by atoms with van der Waals surface area (Å²) in [5, 5.41) is 7.89. The Labute approximate surface area is 174 Å². The van der Waals surface area contributed by atoms with Crippen LogP contribution in [0.4, 0.5) is 0 Å². The van der Waals surface area contributed by atoms with Crippen LogP contribution < -0.4 is 20.1 Å². The van der Waals surface area contributed by atoms with Crippen LogP contribution in [0.25, 0.3) is 0 Å². The monoisotopic (exact) mass is 424 g/mol. The van der Waals surface area contributed by atoms with Crippen LogP contribution >= 0.6 is 22.9 Å². The van der Waals surface area contributed by atoms with Gasteiger partial charge in [-0.2, -0.15) is 0 Å². The Kier molecular flexibility index (Phi) is 8.14. The van der Waals surface area contributed by atoms with Crippen LogP contribution in [-0.4, -0.2) is 31.6 Å². The molecule has 2 aromatic rings. The third-order valence-corrected chi connectivity index (χ3v) is 5.17. The molecule has 6 nitrogen and oxygen atoms in total. The molecular weight excluding hydrogens is 400 g/mol. The highest BCUT2D eigenvalue weighted by atomic mass is 35.5. The first kappa shape index (κ1) is 22.0. The molecule has 0 aliphatic heterocycles. The number of amides is 2. The fraction of sp³-hybridized carbons (Fsp3) is 0.400. The van der Waals surface area contributed by atoms with E-state index in [0.29, 0.717) is 28.0 Å². The van der Waals surface area contributed by atoms with Crippen molar-refractivity contribution in [1.29, 1.82) is 0 Å². The molecular formula is C20H25ClN2O4S. The van der Waals surface area contributed by atoms with Gasteiger partial charge in [0.05, 0.1) is 23.6 Å². The molecule has 0 aliphatic rings. The molecule has 0 saturated heterocycles. The molecule has 0 aliphatic carbocycles. The molecule has 0 radical (unpaired) electrons. The maximum Gasteiger partial charge on any atom is 0.262 e. The van der Waals surface area contributed by atoms with Crippen LogP contribution in [0.15, 0.2) is 29.6 Å². The summed E-state index contributed by atoms with van der Waals surface area (Å²) in [6.45, 7) is 6.34. The number of methoxy groups -OCH3 is 1. The van der Waals surface area contributed by atoms with E-state index in [0.717, 1.165) is 5.56 Å². The minimum Gasteiger partial charge on any atom is -0.493 e. The lowest BCUT2D eigenvalue weighted by Crippen LogP contribution is -2.49. The van der Waals surface area contributed by atoms with Crippen LogP contribution in [0.5, 0.6) is 11.5 Å². The van der Waals surface area contributed by atoms with Gasteiger partial charge >= 0.3 is 0 Å². The van der Waals surface area contributed by atoms with Crippen LogP contribution in [0, 0.1) is 5.92 Å². The van der Waals surface area contributed by atoms with E-state index in [2.05, 4.69) is 10.6 Å². The molecule has 152 valence electrons. The van der Waals surface area contributed by atoms with Gasteiger partial charge in [0.25, 0.3) is 5.91 Å². The molecule has 28 heavy (non-hydrogen) atoms. The van der Waals surface area contributed by atoms with Crippen molar-refractivity contribution in [1.82, 2.24) is 10.6 Å². The van der Waals surface area contributed by atoms with Gasteiger partial charge in [-0.3, -0.25) is 9.59 Å². The van der Waals surface area contributed by atoms with E-state index in [1.165, 1.54) is 18.4 Å². The van der Waals surface area contributed by atoms with Crippen molar-refractivity contribution in [3.63, 3.8) is 0 Å². The third-order valence-electron chi connectivity index (χ3n) is 4.03. The predicted molar refractivity (Wildman–Crippen MR) is 111 cm³/mol. The highest BCUT2D eigenvalue weighted by Gasteiger charge is 2.25. The van der Waals surface area contributed by atoms with E-state index < -0.39 is 6.04 Å². The van der Waals surface area contributed by atoms with Crippen molar-refractivity contribution in [2.24, 2.45) is 5.92 Å². The van der Waals surface area contributed by atoms with Crippen LogP contribution in [-0.2, 0) is 11.3 Å². The Hall–Kier alpha value is -2.25. The molecule has 2 N–H and O–H groups in total. The second-order valence-corrected chi connectivity index (χ2v) is 7.79. The smallest absolute Gasteiger partial charge is 0.262 e. The predicted octanol–water partition coefficient (Wildman–Crippen LogP) is 3.88. The quantitative estimate of drug-likeness (QED) is 0.640. The van der Waals surface area contributed by atoms with Gasteiger partial charge in [-0.05, 0) is 42.0 Å². The average Bonchev–Trinajstić information content (AvgIpc) is 3.20. The van der Waals surface area contributed by atoms with Crippen molar-refractivity contribution >= 4 is 34.8 Å². The summed E-state index contributed by atoms with van der Waals surface area (Å²) in [5.74, 6) is 0.399. The van der Waals surface area contributed by atoms with E-state index in [1.54, 1.807) is 24.3 Å². The van der Waals surface area contributed by atoms with Gasteiger partial charge in [-0.15, -0.1) is 11.3 Å². The summed E-state index contributed by atoms with van der Waals surface area (Å²) >= 11 is 7.61. The maximum absolute atomic E-state index is 12.7. The molecule has 8 heteroatoms. The molecule has 0 spiro atoms. The molecule has 1 atom stereocenters. The summed E-state index contributed by atoms with van der Waals surface area (Å²) in [7, 11) is 1.53. The molecule has 1 heterocycles. The summed E-state index contributed by atoms with van der Waals surface area (Å²) in [6, 6.07) is 6.38. The minimum absolute atomic E-state index is 0.0673. The van der Waals surface area contributed by atoms with Gasteiger partial charge in [0.1, 0.15) is 6.04 Å². The zero-order chi connectivity index (χ0) is 20.7. The summed E-state index contributed by atoms with van der Waals surface area (Å²) < 4.78 is 10.8. The van der Waals surface area contributed by atoms with E-state index in [1.807, 2.05) is 26.2 Å². The lowest BCUT2D eigenvalue weighted by atomic mass is 10.0. The Morgan fingerprint density at radius 2 is 2.04 bits per heavy atom. The highest BCUT2D eigenvalue weighted by molar-refractivity contribution is 7.12. The standard InChI is InChI=1S/C20H25ClN2O4S/c1-5-27-18-14(21)9-13(10-15(18)26-4)11-22-20(25)17(12(2)3)23-19(24)16-7-6-8-28-16/h6-10,12,17H,5,11H2,1-4H3,(H,22,25)(H,23,24). The Bertz CT molecular complexity index is 809. The number of rotatable bonds is 9. The summed E-state index contributed by atoms with van der Waals surface area (Å²) in [6.07, 6.45) is 0.